The van der Waals surface area contributed by atoms with Crippen LogP contribution >= 0.6 is 0 Å². The van der Waals surface area contributed by atoms with Crippen molar-refractivity contribution >= 4 is 23.5 Å². The summed E-state index contributed by atoms with van der Waals surface area (Å²) in [5, 5.41) is 2.66. The second-order valence-electron chi connectivity index (χ2n) is 7.19. The largest absolute Gasteiger partial charge is 0.493 e. The SMILES string of the molecule is COc1ccc(NC(=O)C(C)OC(=O)c2[nH]c(C)c(C(=O)OC(C)C)c2C)cc1OC. The van der Waals surface area contributed by atoms with Gasteiger partial charge in [0, 0.05) is 17.4 Å². The Morgan fingerprint density at radius 1 is 0.935 bits per heavy atom. The van der Waals surface area contributed by atoms with Crippen LogP contribution in [0.15, 0.2) is 18.2 Å². The highest BCUT2D eigenvalue weighted by atomic mass is 16.6. The zero-order valence-electron chi connectivity index (χ0n) is 18.7. The van der Waals surface area contributed by atoms with Crippen molar-refractivity contribution in [2.45, 2.75) is 46.8 Å². The second-order valence-corrected chi connectivity index (χ2v) is 7.19. The van der Waals surface area contributed by atoms with Gasteiger partial charge in [-0.1, -0.05) is 0 Å². The maximum absolute atomic E-state index is 12.6. The lowest BCUT2D eigenvalue weighted by Gasteiger charge is -2.15. The smallest absolute Gasteiger partial charge is 0.355 e. The topological polar surface area (TPSA) is 116 Å². The van der Waals surface area contributed by atoms with Crippen LogP contribution in [0.1, 0.15) is 52.9 Å². The Bertz CT molecular complexity index is 978. The van der Waals surface area contributed by atoms with Crippen molar-refractivity contribution in [1.82, 2.24) is 4.98 Å². The number of aromatic amines is 1. The number of methoxy groups -OCH3 is 2. The summed E-state index contributed by atoms with van der Waals surface area (Å²) in [5.41, 5.74) is 1.72. The van der Waals surface area contributed by atoms with Crippen LogP contribution in [0.3, 0.4) is 0 Å². The first-order chi connectivity index (χ1) is 14.6. The minimum Gasteiger partial charge on any atom is -0.493 e. The summed E-state index contributed by atoms with van der Waals surface area (Å²) in [5.74, 6) is -0.841. The van der Waals surface area contributed by atoms with Crippen LogP contribution in [0, 0.1) is 13.8 Å². The molecule has 9 nitrogen and oxygen atoms in total. The Kier molecular flexibility index (Phi) is 7.68. The van der Waals surface area contributed by atoms with Crippen LogP contribution < -0.4 is 14.8 Å². The van der Waals surface area contributed by atoms with Gasteiger partial charge < -0.3 is 29.2 Å². The molecule has 0 spiro atoms. The number of carbonyl (C=O) groups is 3. The van der Waals surface area contributed by atoms with Gasteiger partial charge in [0.25, 0.3) is 5.91 Å². The number of esters is 2. The third-order valence-electron chi connectivity index (χ3n) is 4.49. The second kappa shape index (κ2) is 10.0. The van der Waals surface area contributed by atoms with Gasteiger partial charge in [-0.3, -0.25) is 4.79 Å². The van der Waals surface area contributed by atoms with E-state index in [2.05, 4.69) is 10.3 Å². The van der Waals surface area contributed by atoms with E-state index in [0.29, 0.717) is 28.4 Å². The minimum absolute atomic E-state index is 0.0963. The van der Waals surface area contributed by atoms with E-state index in [1.165, 1.54) is 21.1 Å². The molecule has 1 unspecified atom stereocenters. The number of H-pyrrole nitrogens is 1. The van der Waals surface area contributed by atoms with Crippen LogP contribution in [-0.4, -0.2) is 49.3 Å². The molecule has 2 aromatic rings. The predicted molar refractivity (Wildman–Crippen MR) is 114 cm³/mol. The minimum atomic E-state index is -1.09. The summed E-state index contributed by atoms with van der Waals surface area (Å²) < 4.78 is 20.9. The van der Waals surface area contributed by atoms with Gasteiger partial charge in [0.2, 0.25) is 0 Å². The van der Waals surface area contributed by atoms with Crippen molar-refractivity contribution in [3.8, 4) is 11.5 Å². The molecule has 2 N–H and O–H groups in total. The Balaban J connectivity index is 2.10. The fourth-order valence-corrected chi connectivity index (χ4v) is 2.96. The molecule has 1 heterocycles. The molecule has 1 amide bonds. The first-order valence-corrected chi connectivity index (χ1v) is 9.73. The van der Waals surface area contributed by atoms with E-state index < -0.39 is 23.9 Å². The van der Waals surface area contributed by atoms with Gasteiger partial charge in [0.05, 0.1) is 25.9 Å². The first-order valence-electron chi connectivity index (χ1n) is 9.73. The Labute approximate surface area is 181 Å². The standard InChI is InChI=1S/C22H28N2O7/c1-11(2)30-21(26)18-12(3)19(23-13(18)4)22(27)31-14(5)20(25)24-15-8-9-16(28-6)17(10-15)29-7/h8-11,14,23H,1-7H3,(H,24,25). The summed E-state index contributed by atoms with van der Waals surface area (Å²) in [6, 6.07) is 4.88. The highest BCUT2D eigenvalue weighted by Crippen LogP contribution is 2.30. The lowest BCUT2D eigenvalue weighted by molar-refractivity contribution is -0.123. The van der Waals surface area contributed by atoms with Crippen molar-refractivity contribution < 1.29 is 33.3 Å². The number of amides is 1. The van der Waals surface area contributed by atoms with Gasteiger partial charge in [-0.05, 0) is 52.3 Å². The monoisotopic (exact) mass is 432 g/mol. The number of hydrogen-bond acceptors (Lipinski definition) is 7. The third kappa shape index (κ3) is 5.56. The molecule has 31 heavy (non-hydrogen) atoms. The van der Waals surface area contributed by atoms with Crippen molar-refractivity contribution in [2.24, 2.45) is 0 Å². The van der Waals surface area contributed by atoms with Crippen molar-refractivity contribution in [1.29, 1.82) is 0 Å². The molecule has 0 fully saturated rings. The van der Waals surface area contributed by atoms with Crippen molar-refractivity contribution in [3.63, 3.8) is 0 Å². The molecular formula is C22H28N2O7. The average molecular weight is 432 g/mol. The van der Waals surface area contributed by atoms with Gasteiger partial charge in [-0.25, -0.2) is 9.59 Å². The molecule has 0 saturated heterocycles. The zero-order chi connectivity index (χ0) is 23.3. The summed E-state index contributed by atoms with van der Waals surface area (Å²) in [4.78, 5) is 40.2. The van der Waals surface area contributed by atoms with E-state index in [1.54, 1.807) is 45.9 Å². The molecule has 9 heteroatoms. The van der Waals surface area contributed by atoms with Crippen molar-refractivity contribution in [2.75, 3.05) is 19.5 Å². The molecule has 1 aromatic carbocycles. The quantitative estimate of drug-likeness (QED) is 0.614. The fraction of sp³-hybridized carbons (Fsp3) is 0.409. The molecule has 1 atom stereocenters. The van der Waals surface area contributed by atoms with E-state index in [9.17, 15) is 14.4 Å². The Morgan fingerprint density at radius 2 is 1.58 bits per heavy atom. The number of rotatable bonds is 8. The van der Waals surface area contributed by atoms with Gasteiger partial charge in [-0.2, -0.15) is 0 Å². The van der Waals surface area contributed by atoms with Crippen molar-refractivity contribution in [3.05, 3.63) is 40.7 Å². The van der Waals surface area contributed by atoms with Gasteiger partial charge in [-0.15, -0.1) is 0 Å². The average Bonchev–Trinajstić information content (AvgIpc) is 3.01. The Hall–Kier alpha value is -3.49. The summed E-state index contributed by atoms with van der Waals surface area (Å²) in [7, 11) is 3.00. The fourth-order valence-electron chi connectivity index (χ4n) is 2.96. The van der Waals surface area contributed by atoms with Crippen LogP contribution in [0.5, 0.6) is 11.5 Å². The molecule has 0 aliphatic rings. The first kappa shape index (κ1) is 23.8. The van der Waals surface area contributed by atoms with E-state index >= 15 is 0 Å². The molecule has 0 saturated carbocycles. The highest BCUT2D eigenvalue weighted by Gasteiger charge is 2.27. The molecule has 0 aliphatic heterocycles. The van der Waals surface area contributed by atoms with Gasteiger partial charge in [0.1, 0.15) is 5.69 Å². The number of carbonyl (C=O) groups excluding carboxylic acids is 3. The van der Waals surface area contributed by atoms with E-state index in [0.717, 1.165) is 0 Å². The molecule has 2 rings (SSSR count). The number of aromatic nitrogens is 1. The van der Waals surface area contributed by atoms with Crippen LogP contribution in [-0.2, 0) is 14.3 Å². The number of anilines is 1. The zero-order valence-corrected chi connectivity index (χ0v) is 18.7. The Morgan fingerprint density at radius 3 is 2.16 bits per heavy atom. The maximum atomic E-state index is 12.6. The predicted octanol–water partition coefficient (Wildman–Crippen LogP) is 3.40. The number of ether oxygens (including phenoxy) is 4. The lowest BCUT2D eigenvalue weighted by atomic mass is 10.1. The number of nitrogens with one attached hydrogen (secondary N) is 2. The third-order valence-corrected chi connectivity index (χ3v) is 4.49. The molecule has 0 radical (unpaired) electrons. The highest BCUT2D eigenvalue weighted by molar-refractivity contribution is 6.00. The van der Waals surface area contributed by atoms with Crippen LogP contribution in [0.25, 0.3) is 0 Å². The molecule has 0 bridgehead atoms. The van der Waals surface area contributed by atoms with Crippen LogP contribution in [0.4, 0.5) is 5.69 Å². The molecule has 168 valence electrons. The van der Waals surface area contributed by atoms with Crippen LogP contribution in [0.2, 0.25) is 0 Å². The number of aryl methyl sites for hydroxylation is 1. The van der Waals surface area contributed by atoms with E-state index in [4.69, 9.17) is 18.9 Å². The summed E-state index contributed by atoms with van der Waals surface area (Å²) >= 11 is 0. The van der Waals surface area contributed by atoms with E-state index in [1.807, 2.05) is 0 Å². The normalized spacial score (nSPS) is 11.6. The lowest BCUT2D eigenvalue weighted by Crippen LogP contribution is -2.30. The van der Waals surface area contributed by atoms with Gasteiger partial charge in [0.15, 0.2) is 17.6 Å². The number of benzene rings is 1. The summed E-state index contributed by atoms with van der Waals surface area (Å²) in [6.45, 7) is 8.21. The molecule has 0 aliphatic carbocycles. The summed E-state index contributed by atoms with van der Waals surface area (Å²) in [6.07, 6.45) is -1.38. The molecule has 1 aromatic heterocycles. The van der Waals surface area contributed by atoms with E-state index in [-0.39, 0.29) is 17.4 Å². The molecular weight excluding hydrogens is 404 g/mol. The van der Waals surface area contributed by atoms with Gasteiger partial charge >= 0.3 is 11.9 Å². The number of hydrogen-bond donors (Lipinski definition) is 2. The maximum Gasteiger partial charge on any atom is 0.355 e.